The van der Waals surface area contributed by atoms with E-state index in [1.807, 2.05) is 4.90 Å². The number of H-pyrrole nitrogens is 1. The number of aromatic nitrogens is 2. The Morgan fingerprint density at radius 1 is 1.22 bits per heavy atom. The van der Waals surface area contributed by atoms with Gasteiger partial charge in [-0.1, -0.05) is 0 Å². The van der Waals surface area contributed by atoms with Gasteiger partial charge in [0.2, 0.25) is 5.91 Å². The normalized spacial score (nSPS) is 25.9. The monoisotopic (exact) mass is 452 g/mol. The van der Waals surface area contributed by atoms with Crippen LogP contribution in [0.3, 0.4) is 0 Å². The van der Waals surface area contributed by atoms with E-state index in [-0.39, 0.29) is 28.9 Å². The lowest BCUT2D eigenvalue weighted by molar-refractivity contribution is -0.274. The number of aromatic amines is 1. The van der Waals surface area contributed by atoms with Crippen molar-refractivity contribution in [2.45, 2.75) is 25.6 Å². The molecule has 8 nitrogen and oxygen atoms in total. The van der Waals surface area contributed by atoms with Crippen LogP contribution in [-0.4, -0.2) is 77.6 Å². The quantitative estimate of drug-likeness (QED) is 0.774. The van der Waals surface area contributed by atoms with E-state index in [0.717, 1.165) is 38.1 Å². The number of amides is 2. The zero-order valence-electron chi connectivity index (χ0n) is 17.3. The van der Waals surface area contributed by atoms with Gasteiger partial charge in [-0.05, 0) is 31.4 Å². The molecular weight excluding hydrogens is 429 g/mol. The summed E-state index contributed by atoms with van der Waals surface area (Å²) in [7, 11) is 0. The molecule has 3 aliphatic rings. The van der Waals surface area contributed by atoms with Crippen molar-refractivity contribution in [3.8, 4) is 5.75 Å². The van der Waals surface area contributed by atoms with Gasteiger partial charge in [0.1, 0.15) is 5.75 Å². The van der Waals surface area contributed by atoms with Crippen molar-refractivity contribution in [3.63, 3.8) is 0 Å². The highest BCUT2D eigenvalue weighted by Gasteiger charge is 2.56. The van der Waals surface area contributed by atoms with Crippen molar-refractivity contribution in [2.24, 2.45) is 11.3 Å². The van der Waals surface area contributed by atoms with E-state index in [1.54, 1.807) is 4.90 Å². The highest BCUT2D eigenvalue weighted by Crippen LogP contribution is 2.44. The van der Waals surface area contributed by atoms with Gasteiger partial charge in [0, 0.05) is 50.2 Å². The van der Waals surface area contributed by atoms with Crippen molar-refractivity contribution in [3.05, 3.63) is 23.9 Å². The lowest BCUT2D eigenvalue weighted by Gasteiger charge is -2.39. The topological polar surface area (TPSA) is 87.8 Å². The molecule has 2 unspecified atom stereocenters. The molecule has 0 spiro atoms. The molecule has 1 N–H and O–H groups in total. The van der Waals surface area contributed by atoms with Gasteiger partial charge >= 0.3 is 6.36 Å². The molecule has 172 valence electrons. The molecule has 11 heteroatoms. The summed E-state index contributed by atoms with van der Waals surface area (Å²) in [5, 5.41) is 7.07. The Morgan fingerprint density at radius 2 is 2.00 bits per heavy atom. The largest absolute Gasteiger partial charge is 0.573 e. The standard InChI is InChI=1S/C21H23F3N4O4/c22-21(23,24)32-14-3-4-15-16(9-14)25-26-17(15)18(29)28-10-13-11-31-8-5-20(13,12-28)19(30)27-6-1-2-7-27/h3-4,9,13H,1-2,5-8,10-12H2,(H,25,26). The fourth-order valence-corrected chi connectivity index (χ4v) is 5.20. The summed E-state index contributed by atoms with van der Waals surface area (Å²) in [5.41, 5.74) is -0.280. The first-order chi connectivity index (χ1) is 15.3. The number of likely N-dealkylation sites (tertiary alicyclic amines) is 2. The van der Waals surface area contributed by atoms with Crippen LogP contribution in [0.2, 0.25) is 0 Å². The van der Waals surface area contributed by atoms with Crippen LogP contribution in [-0.2, 0) is 9.53 Å². The van der Waals surface area contributed by atoms with Crippen LogP contribution in [0, 0.1) is 11.3 Å². The number of halogens is 3. The Labute approximate surface area is 181 Å². The van der Waals surface area contributed by atoms with Gasteiger partial charge in [-0.2, -0.15) is 5.10 Å². The summed E-state index contributed by atoms with van der Waals surface area (Å²) in [5.74, 6) is -0.749. The molecule has 2 amide bonds. The van der Waals surface area contributed by atoms with Crippen LogP contribution in [0.25, 0.3) is 10.9 Å². The van der Waals surface area contributed by atoms with Gasteiger partial charge in [0.25, 0.3) is 5.91 Å². The molecule has 3 fully saturated rings. The first-order valence-corrected chi connectivity index (χ1v) is 10.7. The maximum Gasteiger partial charge on any atom is 0.573 e. The Morgan fingerprint density at radius 3 is 2.75 bits per heavy atom. The molecule has 5 rings (SSSR count). The Hall–Kier alpha value is -2.82. The molecule has 0 saturated carbocycles. The summed E-state index contributed by atoms with van der Waals surface area (Å²) >= 11 is 0. The maximum absolute atomic E-state index is 13.4. The van der Waals surface area contributed by atoms with Gasteiger partial charge in [-0.25, -0.2) is 0 Å². The lowest BCUT2D eigenvalue weighted by atomic mass is 9.73. The fourth-order valence-electron chi connectivity index (χ4n) is 5.20. The molecule has 2 aromatic rings. The summed E-state index contributed by atoms with van der Waals surface area (Å²) in [6, 6.07) is 3.69. The molecule has 4 heterocycles. The second kappa shape index (κ2) is 7.65. The number of rotatable bonds is 3. The molecule has 3 saturated heterocycles. The Bertz CT molecular complexity index is 1050. The van der Waals surface area contributed by atoms with Crippen LogP contribution < -0.4 is 4.74 Å². The minimum Gasteiger partial charge on any atom is -0.406 e. The van der Waals surface area contributed by atoms with Crippen LogP contribution >= 0.6 is 0 Å². The van der Waals surface area contributed by atoms with E-state index in [9.17, 15) is 22.8 Å². The third-order valence-electron chi connectivity index (χ3n) is 6.78. The predicted molar refractivity (Wildman–Crippen MR) is 106 cm³/mol. The highest BCUT2D eigenvalue weighted by molar-refractivity contribution is 6.05. The van der Waals surface area contributed by atoms with Crippen molar-refractivity contribution >= 4 is 22.7 Å². The molecule has 2 atom stereocenters. The third-order valence-corrected chi connectivity index (χ3v) is 6.78. The van der Waals surface area contributed by atoms with Gasteiger partial charge in [-0.3, -0.25) is 14.7 Å². The summed E-state index contributed by atoms with van der Waals surface area (Å²) in [6.45, 7) is 3.05. The number of alkyl halides is 3. The van der Waals surface area contributed by atoms with E-state index >= 15 is 0 Å². The highest BCUT2D eigenvalue weighted by atomic mass is 19.4. The smallest absolute Gasteiger partial charge is 0.406 e. The SMILES string of the molecule is O=C(c1n[nH]c2cc(OC(F)(F)F)ccc12)N1CC2COCCC2(C(=O)N2CCCC2)C1. The van der Waals surface area contributed by atoms with Crippen LogP contribution in [0.1, 0.15) is 29.8 Å². The molecule has 0 radical (unpaired) electrons. The average Bonchev–Trinajstić information content (AvgIpc) is 3.49. The van der Waals surface area contributed by atoms with Crippen molar-refractivity contribution in [2.75, 3.05) is 39.4 Å². The van der Waals surface area contributed by atoms with Gasteiger partial charge < -0.3 is 19.3 Å². The zero-order valence-corrected chi connectivity index (χ0v) is 17.3. The number of carbonyl (C=O) groups is 2. The predicted octanol–water partition coefficient (Wildman–Crippen LogP) is 2.56. The van der Waals surface area contributed by atoms with Crippen molar-refractivity contribution in [1.82, 2.24) is 20.0 Å². The van der Waals surface area contributed by atoms with Crippen LogP contribution in [0.4, 0.5) is 13.2 Å². The molecule has 1 aromatic heterocycles. The zero-order chi connectivity index (χ0) is 22.5. The number of carbonyl (C=O) groups excluding carboxylic acids is 2. The van der Waals surface area contributed by atoms with Gasteiger partial charge in [-0.15, -0.1) is 13.2 Å². The summed E-state index contributed by atoms with van der Waals surface area (Å²) in [4.78, 5) is 30.3. The average molecular weight is 452 g/mol. The van der Waals surface area contributed by atoms with E-state index in [2.05, 4.69) is 14.9 Å². The van der Waals surface area contributed by atoms with Crippen molar-refractivity contribution < 1.29 is 32.2 Å². The van der Waals surface area contributed by atoms with E-state index < -0.39 is 17.5 Å². The maximum atomic E-state index is 13.4. The molecule has 0 aliphatic carbocycles. The van der Waals surface area contributed by atoms with E-state index in [1.165, 1.54) is 6.07 Å². The first kappa shape index (κ1) is 21.0. The molecule has 32 heavy (non-hydrogen) atoms. The number of fused-ring (bicyclic) bond motifs is 2. The molecule has 3 aliphatic heterocycles. The summed E-state index contributed by atoms with van der Waals surface area (Å²) < 4.78 is 47.0. The minimum atomic E-state index is -4.81. The number of hydrogen-bond donors (Lipinski definition) is 1. The van der Waals surface area contributed by atoms with Crippen LogP contribution in [0.5, 0.6) is 5.75 Å². The van der Waals surface area contributed by atoms with Gasteiger partial charge in [0.15, 0.2) is 5.69 Å². The molecule has 1 aromatic carbocycles. The Kier molecular flexibility index (Phi) is 5.03. The third kappa shape index (κ3) is 3.58. The lowest BCUT2D eigenvalue weighted by Crippen LogP contribution is -2.51. The van der Waals surface area contributed by atoms with Gasteiger partial charge in [0.05, 0.1) is 17.5 Å². The summed E-state index contributed by atoms with van der Waals surface area (Å²) in [6.07, 6.45) is -2.26. The first-order valence-electron chi connectivity index (χ1n) is 10.7. The molecule has 0 bridgehead atoms. The second-order valence-corrected chi connectivity index (χ2v) is 8.69. The molecular formula is C21H23F3N4O4. The second-order valence-electron chi connectivity index (χ2n) is 8.69. The van der Waals surface area contributed by atoms with Crippen LogP contribution in [0.15, 0.2) is 18.2 Å². The number of hydrogen-bond acceptors (Lipinski definition) is 5. The Balaban J connectivity index is 1.40. The van der Waals surface area contributed by atoms with E-state index in [0.29, 0.717) is 38.1 Å². The number of ether oxygens (including phenoxy) is 2. The fraction of sp³-hybridized carbons (Fsp3) is 0.571. The minimum absolute atomic E-state index is 0.0923. The number of benzene rings is 1. The number of nitrogens with one attached hydrogen (secondary N) is 1. The van der Waals surface area contributed by atoms with Crippen molar-refractivity contribution in [1.29, 1.82) is 0 Å². The number of nitrogens with zero attached hydrogens (tertiary/aromatic N) is 3. The van der Waals surface area contributed by atoms with E-state index in [4.69, 9.17) is 4.74 Å².